The molecule has 1 atom stereocenters. The van der Waals surface area contributed by atoms with Gasteiger partial charge in [0.25, 0.3) is 5.91 Å². The lowest BCUT2D eigenvalue weighted by atomic mass is 10.0. The van der Waals surface area contributed by atoms with Crippen LogP contribution < -0.4 is 15.4 Å². The summed E-state index contributed by atoms with van der Waals surface area (Å²) in [6, 6.07) is 17.4. The zero-order valence-electron chi connectivity index (χ0n) is 15.4. The van der Waals surface area contributed by atoms with Crippen molar-refractivity contribution >= 4 is 28.8 Å². The van der Waals surface area contributed by atoms with Crippen LogP contribution in [0.15, 0.2) is 60.0 Å². The second-order valence-corrected chi connectivity index (χ2v) is 8.19. The maximum absolute atomic E-state index is 12.8. The van der Waals surface area contributed by atoms with E-state index in [-0.39, 0.29) is 18.1 Å². The van der Waals surface area contributed by atoms with Gasteiger partial charge in [-0.1, -0.05) is 35.9 Å². The van der Waals surface area contributed by atoms with Gasteiger partial charge in [-0.2, -0.15) is 0 Å². The third-order valence-corrected chi connectivity index (χ3v) is 6.02. The van der Waals surface area contributed by atoms with Gasteiger partial charge in [-0.3, -0.25) is 4.79 Å². The predicted octanol–water partition coefficient (Wildman–Crippen LogP) is 4.91. The molecule has 144 valence electrons. The number of nitrogens with one attached hydrogen (secondary N) is 2. The van der Waals surface area contributed by atoms with Crippen LogP contribution in [-0.4, -0.2) is 25.1 Å². The highest BCUT2D eigenvalue weighted by Gasteiger charge is 2.20. The van der Waals surface area contributed by atoms with Gasteiger partial charge in [0.05, 0.1) is 16.6 Å². The SMILES string of the molecule is CC(NC(=O)c1cc(OC2CNC2)ccc1Cl)c1cccc(-c2cccs2)c1. The van der Waals surface area contributed by atoms with E-state index in [9.17, 15) is 4.79 Å². The highest BCUT2D eigenvalue weighted by atomic mass is 35.5. The van der Waals surface area contributed by atoms with Gasteiger partial charge in [-0.25, -0.2) is 0 Å². The smallest absolute Gasteiger partial charge is 0.253 e. The highest BCUT2D eigenvalue weighted by molar-refractivity contribution is 7.13. The lowest BCUT2D eigenvalue weighted by molar-refractivity contribution is 0.0938. The molecule has 0 aliphatic carbocycles. The first kappa shape index (κ1) is 19.0. The fourth-order valence-electron chi connectivity index (χ4n) is 3.05. The lowest BCUT2D eigenvalue weighted by Crippen LogP contribution is -2.50. The molecule has 1 aromatic heterocycles. The Morgan fingerprint density at radius 2 is 2.07 bits per heavy atom. The van der Waals surface area contributed by atoms with Gasteiger partial charge in [0.2, 0.25) is 0 Å². The number of carbonyl (C=O) groups excluding carboxylic acids is 1. The summed E-state index contributed by atoms with van der Waals surface area (Å²) in [5, 5.41) is 8.68. The number of halogens is 1. The number of rotatable bonds is 6. The first-order valence-corrected chi connectivity index (χ1v) is 10.5. The molecular formula is C22H21ClN2O2S. The predicted molar refractivity (Wildman–Crippen MR) is 114 cm³/mol. The Bertz CT molecular complexity index is 970. The van der Waals surface area contributed by atoms with Crippen molar-refractivity contribution in [2.24, 2.45) is 0 Å². The Morgan fingerprint density at radius 1 is 1.21 bits per heavy atom. The Balaban J connectivity index is 1.48. The van der Waals surface area contributed by atoms with Gasteiger partial charge >= 0.3 is 0 Å². The first-order chi connectivity index (χ1) is 13.6. The maximum atomic E-state index is 12.8. The second-order valence-electron chi connectivity index (χ2n) is 6.84. The third kappa shape index (κ3) is 4.22. The minimum Gasteiger partial charge on any atom is -0.488 e. The van der Waals surface area contributed by atoms with Crippen molar-refractivity contribution in [1.82, 2.24) is 10.6 Å². The van der Waals surface area contributed by atoms with Gasteiger partial charge in [0.1, 0.15) is 11.9 Å². The van der Waals surface area contributed by atoms with Gasteiger partial charge in [-0.05, 0) is 53.8 Å². The molecule has 1 amide bonds. The van der Waals surface area contributed by atoms with E-state index in [0.29, 0.717) is 16.3 Å². The fraction of sp³-hybridized carbons (Fsp3) is 0.227. The molecule has 28 heavy (non-hydrogen) atoms. The topological polar surface area (TPSA) is 50.4 Å². The first-order valence-electron chi connectivity index (χ1n) is 9.22. The zero-order chi connectivity index (χ0) is 19.5. The summed E-state index contributed by atoms with van der Waals surface area (Å²) >= 11 is 7.97. The molecular weight excluding hydrogens is 392 g/mol. The van der Waals surface area contributed by atoms with Gasteiger partial charge in [0.15, 0.2) is 0 Å². The van der Waals surface area contributed by atoms with E-state index in [2.05, 4.69) is 34.2 Å². The van der Waals surface area contributed by atoms with Crippen molar-refractivity contribution < 1.29 is 9.53 Å². The molecule has 3 aromatic rings. The summed E-state index contributed by atoms with van der Waals surface area (Å²) in [5.74, 6) is 0.449. The van der Waals surface area contributed by atoms with Crippen LogP contribution in [-0.2, 0) is 0 Å². The van der Waals surface area contributed by atoms with Crippen LogP contribution in [0.2, 0.25) is 5.02 Å². The number of carbonyl (C=O) groups is 1. The average Bonchev–Trinajstić information content (AvgIpc) is 3.20. The van der Waals surface area contributed by atoms with E-state index < -0.39 is 0 Å². The van der Waals surface area contributed by atoms with Crippen LogP contribution in [0.4, 0.5) is 0 Å². The molecule has 1 fully saturated rings. The molecule has 1 unspecified atom stereocenters. The Hall–Kier alpha value is -2.34. The number of hydrogen-bond acceptors (Lipinski definition) is 4. The number of amides is 1. The molecule has 1 aliphatic heterocycles. The molecule has 0 radical (unpaired) electrons. The molecule has 1 aliphatic rings. The monoisotopic (exact) mass is 412 g/mol. The largest absolute Gasteiger partial charge is 0.488 e. The Labute approximate surface area is 173 Å². The van der Waals surface area contributed by atoms with E-state index in [4.69, 9.17) is 16.3 Å². The van der Waals surface area contributed by atoms with Crippen molar-refractivity contribution in [2.45, 2.75) is 19.1 Å². The number of hydrogen-bond donors (Lipinski definition) is 2. The number of thiophene rings is 1. The molecule has 0 bridgehead atoms. The van der Waals surface area contributed by atoms with Crippen LogP contribution in [0.3, 0.4) is 0 Å². The molecule has 1 saturated heterocycles. The second kappa shape index (κ2) is 8.35. The quantitative estimate of drug-likeness (QED) is 0.604. The van der Waals surface area contributed by atoms with E-state index in [1.54, 1.807) is 29.5 Å². The van der Waals surface area contributed by atoms with Crippen molar-refractivity contribution in [3.8, 4) is 16.2 Å². The minimum atomic E-state index is -0.212. The molecule has 2 heterocycles. The molecule has 4 nitrogen and oxygen atoms in total. The van der Waals surface area contributed by atoms with Crippen LogP contribution >= 0.6 is 22.9 Å². The molecule has 2 N–H and O–H groups in total. The molecule has 0 spiro atoms. The van der Waals surface area contributed by atoms with Crippen LogP contribution in [0.5, 0.6) is 5.75 Å². The zero-order valence-corrected chi connectivity index (χ0v) is 17.0. The summed E-state index contributed by atoms with van der Waals surface area (Å²) in [6.45, 7) is 3.61. The van der Waals surface area contributed by atoms with Crippen molar-refractivity contribution in [3.63, 3.8) is 0 Å². The summed E-state index contributed by atoms with van der Waals surface area (Å²) in [5.41, 5.74) is 2.62. The minimum absolute atomic E-state index is 0.149. The normalized spacial score (nSPS) is 14.9. The van der Waals surface area contributed by atoms with Gasteiger partial charge in [0, 0.05) is 18.0 Å². The maximum Gasteiger partial charge on any atom is 0.253 e. The van der Waals surface area contributed by atoms with Gasteiger partial charge in [-0.15, -0.1) is 11.3 Å². The standard InChI is InChI=1S/C22H21ClN2O2S/c1-14(15-4-2-5-16(10-15)21-6-3-9-28-21)25-22(26)19-11-17(7-8-20(19)23)27-18-12-24-13-18/h2-11,14,18,24H,12-13H2,1H3,(H,25,26). The van der Waals surface area contributed by atoms with E-state index >= 15 is 0 Å². The summed E-state index contributed by atoms with van der Waals surface area (Å²) in [7, 11) is 0. The van der Waals surface area contributed by atoms with Crippen molar-refractivity contribution in [1.29, 1.82) is 0 Å². The van der Waals surface area contributed by atoms with Crippen LogP contribution in [0.1, 0.15) is 28.9 Å². The van der Waals surface area contributed by atoms with Crippen LogP contribution in [0.25, 0.3) is 10.4 Å². The van der Waals surface area contributed by atoms with E-state index in [0.717, 1.165) is 24.2 Å². The van der Waals surface area contributed by atoms with Crippen molar-refractivity contribution in [2.75, 3.05) is 13.1 Å². The average molecular weight is 413 g/mol. The van der Waals surface area contributed by atoms with Crippen molar-refractivity contribution in [3.05, 3.63) is 76.1 Å². The van der Waals surface area contributed by atoms with E-state index in [1.807, 2.05) is 25.1 Å². The summed E-state index contributed by atoms with van der Waals surface area (Å²) < 4.78 is 5.84. The molecule has 2 aromatic carbocycles. The molecule has 4 rings (SSSR count). The number of benzene rings is 2. The Morgan fingerprint density at radius 3 is 2.79 bits per heavy atom. The number of ether oxygens (including phenoxy) is 1. The van der Waals surface area contributed by atoms with E-state index in [1.165, 1.54) is 4.88 Å². The van der Waals surface area contributed by atoms with Crippen LogP contribution in [0, 0.1) is 0 Å². The molecule has 6 heteroatoms. The summed E-state index contributed by atoms with van der Waals surface area (Å²) in [4.78, 5) is 14.0. The Kier molecular flexibility index (Phi) is 5.67. The molecule has 0 saturated carbocycles. The lowest BCUT2D eigenvalue weighted by Gasteiger charge is -2.28. The third-order valence-electron chi connectivity index (χ3n) is 4.77. The fourth-order valence-corrected chi connectivity index (χ4v) is 3.98. The highest BCUT2D eigenvalue weighted by Crippen LogP contribution is 2.28. The summed E-state index contributed by atoms with van der Waals surface area (Å²) in [6.07, 6.45) is 0.149. The van der Waals surface area contributed by atoms with Gasteiger partial charge < -0.3 is 15.4 Å².